The minimum Gasteiger partial charge on any atom is -0.468 e. The number of sulfonamides is 1. The van der Waals surface area contributed by atoms with Crippen LogP contribution >= 0.6 is 0 Å². The van der Waals surface area contributed by atoms with E-state index in [1.807, 2.05) is 0 Å². The van der Waals surface area contributed by atoms with E-state index in [0.717, 1.165) is 33.0 Å². The highest BCUT2D eigenvalue weighted by atomic mass is 32.2. The summed E-state index contributed by atoms with van der Waals surface area (Å²) in [5.74, 6) is -5.36. The third kappa shape index (κ3) is 7.37. The second-order valence-corrected chi connectivity index (χ2v) is 13.0. The zero-order valence-electron chi connectivity index (χ0n) is 23.7. The van der Waals surface area contributed by atoms with Gasteiger partial charge in [0.05, 0.1) is 42.9 Å². The van der Waals surface area contributed by atoms with E-state index in [1.54, 1.807) is 29.3 Å². The number of anilines is 2. The highest BCUT2D eigenvalue weighted by molar-refractivity contribution is 7.93. The van der Waals surface area contributed by atoms with Crippen molar-refractivity contribution in [3.05, 3.63) is 42.0 Å². The lowest BCUT2D eigenvalue weighted by Crippen LogP contribution is -2.38. The van der Waals surface area contributed by atoms with Gasteiger partial charge in [-0.05, 0) is 49.3 Å². The number of alkyl halides is 2. The van der Waals surface area contributed by atoms with E-state index >= 15 is 0 Å². The van der Waals surface area contributed by atoms with E-state index in [1.165, 1.54) is 30.1 Å². The van der Waals surface area contributed by atoms with Crippen LogP contribution in [-0.2, 0) is 19.6 Å². The highest BCUT2D eigenvalue weighted by Gasteiger charge is 2.44. The summed E-state index contributed by atoms with van der Waals surface area (Å²) in [4.78, 5) is 19.5. The number of benzene rings is 1. The molecule has 1 aromatic heterocycles. The van der Waals surface area contributed by atoms with Gasteiger partial charge < -0.3 is 19.9 Å². The number of esters is 1. The number of carbonyl (C=O) groups is 1. The van der Waals surface area contributed by atoms with Gasteiger partial charge in [0.2, 0.25) is 10.0 Å². The van der Waals surface area contributed by atoms with Crippen molar-refractivity contribution in [2.45, 2.75) is 44.4 Å². The maximum atomic E-state index is 14.8. The number of rotatable bonds is 10. The van der Waals surface area contributed by atoms with Crippen LogP contribution in [0.4, 0.5) is 24.5 Å². The van der Waals surface area contributed by atoms with Crippen LogP contribution in [0.2, 0.25) is 0 Å². The molecular weight excluding hydrogens is 587 g/mol. The van der Waals surface area contributed by atoms with Gasteiger partial charge in [-0.15, -0.1) is 0 Å². The summed E-state index contributed by atoms with van der Waals surface area (Å²) in [6.07, 6.45) is 8.56. The standard InChI is InChI=1S/C28H34F3N7O4S/c1-42-25(39)18-43(40,41)35-21-2-3-23(24(14-21)37-12-6-27(4-5-27)7-13-37)38-17-20(16-34-38)26(22(29)15-32)33-19-36-10-8-28(30,31)9-11-36/h2-3,14-17,19,32,35H,4-13,18H2,1H3/b26-22+,32-15?,33-19?. The summed E-state index contributed by atoms with van der Waals surface area (Å²) in [5, 5.41) is 11.8. The molecule has 232 valence electrons. The van der Waals surface area contributed by atoms with Crippen molar-refractivity contribution in [3.8, 4) is 5.69 Å². The molecule has 11 nitrogen and oxygen atoms in total. The Balaban J connectivity index is 1.43. The van der Waals surface area contributed by atoms with E-state index in [2.05, 4.69) is 24.4 Å². The van der Waals surface area contributed by atoms with Crippen LogP contribution in [0.3, 0.4) is 0 Å². The predicted octanol–water partition coefficient (Wildman–Crippen LogP) is 4.21. The van der Waals surface area contributed by atoms with E-state index < -0.39 is 33.5 Å². The van der Waals surface area contributed by atoms with Crippen LogP contribution in [0.1, 0.15) is 44.1 Å². The van der Waals surface area contributed by atoms with Crippen molar-refractivity contribution in [2.75, 3.05) is 48.7 Å². The summed E-state index contributed by atoms with van der Waals surface area (Å²) in [6, 6.07) is 4.90. The molecule has 3 fully saturated rings. The third-order valence-corrected chi connectivity index (χ3v) is 9.40. The average molecular weight is 622 g/mol. The molecule has 1 aliphatic carbocycles. The highest BCUT2D eigenvalue weighted by Crippen LogP contribution is 2.54. The first kappa shape index (κ1) is 30.6. The van der Waals surface area contributed by atoms with Gasteiger partial charge in [-0.25, -0.2) is 31.3 Å². The van der Waals surface area contributed by atoms with Gasteiger partial charge in [-0.2, -0.15) is 5.10 Å². The first-order chi connectivity index (χ1) is 20.4. The van der Waals surface area contributed by atoms with E-state index in [4.69, 9.17) is 5.41 Å². The summed E-state index contributed by atoms with van der Waals surface area (Å²) in [7, 11) is -2.91. The number of halogens is 3. The number of carbonyl (C=O) groups excluding carboxylic acids is 1. The van der Waals surface area contributed by atoms with Crippen LogP contribution < -0.4 is 9.62 Å². The number of nitrogens with zero attached hydrogens (tertiary/aromatic N) is 5. The molecule has 2 aliphatic heterocycles. The van der Waals surface area contributed by atoms with Gasteiger partial charge in [-0.1, -0.05) is 0 Å². The Morgan fingerprint density at radius 2 is 1.81 bits per heavy atom. The van der Waals surface area contributed by atoms with Crippen molar-refractivity contribution in [1.29, 1.82) is 5.41 Å². The van der Waals surface area contributed by atoms with Crippen molar-refractivity contribution in [1.82, 2.24) is 14.7 Å². The quantitative estimate of drug-likeness (QED) is 0.231. The Hall–Kier alpha value is -3.88. The number of nitrogens with one attached hydrogen (secondary N) is 2. The van der Waals surface area contributed by atoms with Crippen molar-refractivity contribution >= 4 is 45.6 Å². The van der Waals surface area contributed by atoms with E-state index in [-0.39, 0.29) is 42.9 Å². The van der Waals surface area contributed by atoms with Crippen molar-refractivity contribution in [2.24, 2.45) is 10.4 Å². The van der Waals surface area contributed by atoms with Gasteiger partial charge in [0.15, 0.2) is 11.6 Å². The summed E-state index contributed by atoms with van der Waals surface area (Å²) >= 11 is 0. The molecule has 2 aromatic rings. The topological polar surface area (TPSA) is 133 Å². The molecular formula is C28H34F3N7O4S. The van der Waals surface area contributed by atoms with Gasteiger partial charge in [-0.3, -0.25) is 9.52 Å². The van der Waals surface area contributed by atoms with E-state index in [0.29, 0.717) is 23.0 Å². The molecule has 2 saturated heterocycles. The van der Waals surface area contributed by atoms with Crippen LogP contribution in [-0.4, -0.2) is 86.6 Å². The van der Waals surface area contributed by atoms with Crippen LogP contribution in [0.5, 0.6) is 0 Å². The number of ether oxygens (including phenoxy) is 1. The second kappa shape index (κ2) is 12.0. The maximum absolute atomic E-state index is 14.8. The first-order valence-corrected chi connectivity index (χ1v) is 15.6. The first-order valence-electron chi connectivity index (χ1n) is 14.0. The number of aromatic nitrogens is 2. The lowest BCUT2D eigenvalue weighted by molar-refractivity contribution is -0.137. The van der Waals surface area contributed by atoms with Crippen molar-refractivity contribution in [3.63, 3.8) is 0 Å². The number of methoxy groups -OCH3 is 1. The molecule has 43 heavy (non-hydrogen) atoms. The number of allylic oxidation sites excluding steroid dienone is 1. The van der Waals surface area contributed by atoms with Crippen molar-refractivity contribution < 1.29 is 31.1 Å². The third-order valence-electron chi connectivity index (χ3n) is 8.24. The lowest BCUT2D eigenvalue weighted by atomic mass is 9.93. The Kier molecular flexibility index (Phi) is 8.54. The fraction of sp³-hybridized carbons (Fsp3) is 0.500. The minimum atomic E-state index is -4.02. The van der Waals surface area contributed by atoms with Crippen LogP contribution in [0, 0.1) is 10.8 Å². The number of piperidine rings is 2. The molecule has 1 spiro atoms. The number of hydrogen-bond donors (Lipinski definition) is 2. The average Bonchev–Trinajstić information content (AvgIpc) is 3.55. The molecule has 2 N–H and O–H groups in total. The zero-order chi connectivity index (χ0) is 30.8. The number of likely N-dealkylation sites (tertiary alicyclic amines) is 1. The zero-order valence-corrected chi connectivity index (χ0v) is 24.5. The summed E-state index contributed by atoms with van der Waals surface area (Å²) in [6.45, 7) is 1.66. The Morgan fingerprint density at radius 1 is 1.12 bits per heavy atom. The largest absolute Gasteiger partial charge is 0.468 e. The minimum absolute atomic E-state index is 0.0749. The lowest BCUT2D eigenvalue weighted by Gasteiger charge is -2.35. The Morgan fingerprint density at radius 3 is 2.44 bits per heavy atom. The second-order valence-electron chi connectivity index (χ2n) is 11.3. The summed E-state index contributed by atoms with van der Waals surface area (Å²) < 4.78 is 75.3. The predicted molar refractivity (Wildman–Crippen MR) is 157 cm³/mol. The fourth-order valence-corrected chi connectivity index (χ4v) is 6.37. The summed E-state index contributed by atoms with van der Waals surface area (Å²) in [5.41, 5.74) is 2.05. The van der Waals surface area contributed by atoms with Gasteiger partial charge in [0.25, 0.3) is 5.92 Å². The Bertz CT molecular complexity index is 1530. The molecule has 3 heterocycles. The number of hydrogen-bond acceptors (Lipinski definition) is 8. The van der Waals surface area contributed by atoms with Gasteiger partial charge >= 0.3 is 5.97 Å². The molecule has 0 unspecified atom stereocenters. The molecule has 15 heteroatoms. The molecule has 1 aromatic carbocycles. The smallest absolute Gasteiger partial charge is 0.322 e. The monoisotopic (exact) mass is 621 g/mol. The van der Waals surface area contributed by atoms with E-state index in [9.17, 15) is 26.4 Å². The normalized spacial score (nSPS) is 20.2. The van der Waals surface area contributed by atoms with Crippen LogP contribution in [0.15, 0.2) is 41.4 Å². The molecule has 5 rings (SSSR count). The van der Waals surface area contributed by atoms with Gasteiger partial charge in [0, 0.05) is 50.8 Å². The molecule has 0 bridgehead atoms. The molecule has 3 aliphatic rings. The molecule has 0 atom stereocenters. The SMILES string of the molecule is COC(=O)CS(=O)(=O)Nc1ccc(-n2cc(/C(N=CN3CCC(F)(F)CC3)=C(\F)C=N)cn2)c(N2CCC3(CC2)CC3)c1. The molecule has 0 amide bonds. The van der Waals surface area contributed by atoms with Crippen LogP contribution in [0.25, 0.3) is 11.4 Å². The fourth-order valence-electron chi connectivity index (χ4n) is 5.39. The van der Waals surface area contributed by atoms with Gasteiger partial charge in [0.1, 0.15) is 5.70 Å². The number of aliphatic imine (C=N–C) groups is 1. The maximum Gasteiger partial charge on any atom is 0.322 e. The molecule has 0 radical (unpaired) electrons. The Labute approximate surface area is 248 Å². The molecule has 1 saturated carbocycles.